The molecule has 0 bridgehead atoms. The summed E-state index contributed by atoms with van der Waals surface area (Å²) in [5, 5.41) is 0. The van der Waals surface area contributed by atoms with E-state index in [2.05, 4.69) is 20.4 Å². The van der Waals surface area contributed by atoms with Crippen LogP contribution >= 0.6 is 0 Å². The number of amides is 1. The molecule has 1 heterocycles. The van der Waals surface area contributed by atoms with E-state index in [-0.39, 0.29) is 11.8 Å². The average molecular weight is 332 g/mol. The Hall–Kier alpha value is -2.23. The van der Waals surface area contributed by atoms with Crippen molar-refractivity contribution in [3.05, 3.63) is 59.9 Å². The van der Waals surface area contributed by atoms with Crippen LogP contribution in [0.3, 0.4) is 0 Å². The van der Waals surface area contributed by atoms with Crippen LogP contribution in [0, 0.1) is 5.92 Å². The highest BCUT2D eigenvalue weighted by Crippen LogP contribution is 2.22. The number of rotatable bonds is 3. The second kappa shape index (κ2) is 12.2. The Labute approximate surface area is 147 Å². The lowest BCUT2D eigenvalue weighted by atomic mass is 10.0. The average Bonchev–Trinajstić information content (AvgIpc) is 3.07. The summed E-state index contributed by atoms with van der Waals surface area (Å²) in [4.78, 5) is 14.1. The molecule has 1 aromatic carbocycles. The van der Waals surface area contributed by atoms with Crippen LogP contribution in [-0.2, 0) is 0 Å². The van der Waals surface area contributed by atoms with Gasteiger partial charge in [0.2, 0.25) is 0 Å². The lowest BCUT2D eigenvalue weighted by Gasteiger charge is -2.16. The quantitative estimate of drug-likeness (QED) is 0.825. The largest absolute Gasteiger partial charge is 0.402 e. The molecule has 1 fully saturated rings. The Balaban J connectivity index is 0.000000952. The molecule has 4 heteroatoms. The standard InChI is InChI=1S/C15H19N3O.C3H8.C2H6/c1-11(16)9-14(17)13-7-8-18(10-13)15(19)12-5-3-2-4-6-12;1-3-2;1-2/h2-6,9,13H,1,7-8,10,16-17H2;3H2,1-2H3;1-2H3/b14-9-;;. The predicted octanol–water partition coefficient (Wildman–Crippen LogP) is 3.91. The highest BCUT2D eigenvalue weighted by atomic mass is 16.2. The minimum absolute atomic E-state index is 0.0578. The van der Waals surface area contributed by atoms with Gasteiger partial charge in [0.05, 0.1) is 0 Å². The lowest BCUT2D eigenvalue weighted by molar-refractivity contribution is 0.0789. The molecule has 0 aliphatic carbocycles. The fourth-order valence-electron chi connectivity index (χ4n) is 2.31. The number of carbonyl (C=O) groups is 1. The van der Waals surface area contributed by atoms with Gasteiger partial charge < -0.3 is 16.4 Å². The van der Waals surface area contributed by atoms with Crippen LogP contribution < -0.4 is 11.5 Å². The van der Waals surface area contributed by atoms with Gasteiger partial charge in [-0.3, -0.25) is 4.79 Å². The summed E-state index contributed by atoms with van der Waals surface area (Å²) in [6.07, 6.45) is 3.80. The Morgan fingerprint density at radius 2 is 1.79 bits per heavy atom. The molecule has 0 radical (unpaired) electrons. The summed E-state index contributed by atoms with van der Waals surface area (Å²) >= 11 is 0. The van der Waals surface area contributed by atoms with Crippen molar-refractivity contribution in [2.45, 2.75) is 40.5 Å². The van der Waals surface area contributed by atoms with Crippen molar-refractivity contribution in [2.24, 2.45) is 17.4 Å². The van der Waals surface area contributed by atoms with Crippen LogP contribution in [-0.4, -0.2) is 23.9 Å². The van der Waals surface area contributed by atoms with E-state index in [0.717, 1.165) is 13.0 Å². The smallest absolute Gasteiger partial charge is 0.253 e. The molecular formula is C20H33N3O. The van der Waals surface area contributed by atoms with Crippen molar-refractivity contribution < 1.29 is 4.79 Å². The molecule has 134 valence electrons. The van der Waals surface area contributed by atoms with Crippen molar-refractivity contribution >= 4 is 5.91 Å². The maximum absolute atomic E-state index is 12.3. The van der Waals surface area contributed by atoms with Crippen LogP contribution in [0.4, 0.5) is 0 Å². The third kappa shape index (κ3) is 7.36. The van der Waals surface area contributed by atoms with Crippen LogP contribution in [0.5, 0.6) is 0 Å². The monoisotopic (exact) mass is 331 g/mol. The van der Waals surface area contributed by atoms with Crippen LogP contribution in [0.25, 0.3) is 0 Å². The number of nitrogens with zero attached hydrogens (tertiary/aromatic N) is 1. The number of nitrogens with two attached hydrogens (primary N) is 2. The molecule has 1 atom stereocenters. The number of allylic oxidation sites excluding steroid dienone is 1. The highest BCUT2D eigenvalue weighted by molar-refractivity contribution is 5.94. The fraction of sp³-hybridized carbons (Fsp3) is 0.450. The molecule has 1 unspecified atom stereocenters. The van der Waals surface area contributed by atoms with E-state index >= 15 is 0 Å². The fourth-order valence-corrected chi connectivity index (χ4v) is 2.31. The summed E-state index contributed by atoms with van der Waals surface area (Å²) in [5.74, 6) is 0.232. The van der Waals surface area contributed by atoms with Crippen molar-refractivity contribution in [3.8, 4) is 0 Å². The van der Waals surface area contributed by atoms with Gasteiger partial charge in [-0.25, -0.2) is 0 Å². The highest BCUT2D eigenvalue weighted by Gasteiger charge is 2.28. The van der Waals surface area contributed by atoms with Gasteiger partial charge in [0.1, 0.15) is 0 Å². The van der Waals surface area contributed by atoms with Gasteiger partial charge in [-0.1, -0.05) is 58.9 Å². The molecule has 24 heavy (non-hydrogen) atoms. The maximum Gasteiger partial charge on any atom is 0.253 e. The third-order valence-electron chi connectivity index (χ3n) is 3.32. The van der Waals surface area contributed by atoms with Crippen molar-refractivity contribution in [3.63, 3.8) is 0 Å². The van der Waals surface area contributed by atoms with Crippen molar-refractivity contribution in [2.75, 3.05) is 13.1 Å². The van der Waals surface area contributed by atoms with E-state index in [4.69, 9.17) is 11.5 Å². The first-order valence-corrected chi connectivity index (χ1v) is 8.75. The molecule has 4 N–H and O–H groups in total. The second-order valence-corrected chi connectivity index (χ2v) is 5.53. The normalized spacial score (nSPS) is 16.4. The SMILES string of the molecule is C=C(N)/C=C(\N)C1CCN(C(=O)c2ccccc2)C1.CC.CCC. The summed E-state index contributed by atoms with van der Waals surface area (Å²) < 4.78 is 0. The zero-order chi connectivity index (χ0) is 18.5. The van der Waals surface area contributed by atoms with Gasteiger partial charge >= 0.3 is 0 Å². The first kappa shape index (κ1) is 21.8. The first-order chi connectivity index (χ1) is 11.5. The molecule has 0 saturated carbocycles. The number of carbonyl (C=O) groups excluding carboxylic acids is 1. The molecule has 0 aromatic heterocycles. The van der Waals surface area contributed by atoms with E-state index < -0.39 is 0 Å². The van der Waals surface area contributed by atoms with Gasteiger partial charge in [0.25, 0.3) is 5.91 Å². The third-order valence-corrected chi connectivity index (χ3v) is 3.32. The first-order valence-electron chi connectivity index (χ1n) is 8.75. The van der Waals surface area contributed by atoms with E-state index in [1.165, 1.54) is 6.42 Å². The van der Waals surface area contributed by atoms with Crippen molar-refractivity contribution in [1.82, 2.24) is 4.90 Å². The molecule has 1 amide bonds. The molecule has 1 aromatic rings. The molecule has 4 nitrogen and oxygen atoms in total. The minimum Gasteiger partial charge on any atom is -0.402 e. The van der Waals surface area contributed by atoms with Gasteiger partial charge in [-0.05, 0) is 24.6 Å². The van der Waals surface area contributed by atoms with Gasteiger partial charge in [0.15, 0.2) is 0 Å². The molecule has 0 spiro atoms. The zero-order valence-electron chi connectivity index (χ0n) is 15.6. The molecule has 1 aliphatic heterocycles. The van der Waals surface area contributed by atoms with Gasteiger partial charge in [-0.15, -0.1) is 0 Å². The molecule has 1 saturated heterocycles. The Bertz CT molecular complexity index is 523. The zero-order valence-corrected chi connectivity index (χ0v) is 15.6. The minimum atomic E-state index is 0.0578. The Kier molecular flexibility index (Phi) is 11.1. The Morgan fingerprint density at radius 3 is 2.29 bits per heavy atom. The maximum atomic E-state index is 12.3. The number of benzene rings is 1. The predicted molar refractivity (Wildman–Crippen MR) is 103 cm³/mol. The molecule has 2 rings (SSSR count). The van der Waals surface area contributed by atoms with E-state index in [0.29, 0.717) is 23.5 Å². The van der Waals surface area contributed by atoms with Crippen molar-refractivity contribution in [1.29, 1.82) is 0 Å². The summed E-state index contributed by atoms with van der Waals surface area (Å²) in [7, 11) is 0. The molecule has 1 aliphatic rings. The van der Waals surface area contributed by atoms with E-state index in [9.17, 15) is 4.79 Å². The summed E-state index contributed by atoms with van der Waals surface area (Å²) in [6, 6.07) is 9.30. The number of hydrogen-bond acceptors (Lipinski definition) is 3. The number of hydrogen-bond donors (Lipinski definition) is 2. The Morgan fingerprint density at radius 1 is 1.25 bits per heavy atom. The summed E-state index contributed by atoms with van der Waals surface area (Å²) in [6.45, 7) is 13.2. The van der Waals surface area contributed by atoms with Gasteiger partial charge in [-0.2, -0.15) is 0 Å². The van der Waals surface area contributed by atoms with Crippen LogP contribution in [0.15, 0.2) is 54.4 Å². The van der Waals surface area contributed by atoms with E-state index in [1.54, 1.807) is 6.08 Å². The summed E-state index contributed by atoms with van der Waals surface area (Å²) in [5.41, 5.74) is 13.3. The molecular weight excluding hydrogens is 298 g/mol. The lowest BCUT2D eigenvalue weighted by Crippen LogP contribution is -2.29. The van der Waals surface area contributed by atoms with Gasteiger partial charge in [0, 0.05) is 36.0 Å². The second-order valence-electron chi connectivity index (χ2n) is 5.53. The van der Waals surface area contributed by atoms with E-state index in [1.807, 2.05) is 49.1 Å². The van der Waals surface area contributed by atoms with Crippen LogP contribution in [0.2, 0.25) is 0 Å². The number of likely N-dealkylation sites (tertiary alicyclic amines) is 1. The topological polar surface area (TPSA) is 72.3 Å². The van der Waals surface area contributed by atoms with Crippen LogP contribution in [0.1, 0.15) is 50.9 Å².